The lowest BCUT2D eigenvalue weighted by Crippen LogP contribution is -1.93. The van der Waals surface area contributed by atoms with Gasteiger partial charge in [0.25, 0.3) is 0 Å². The van der Waals surface area contributed by atoms with Crippen LogP contribution in [0.25, 0.3) is 22.4 Å². The quantitative estimate of drug-likeness (QED) is 0.708. The maximum absolute atomic E-state index is 9.30. The van der Waals surface area contributed by atoms with Crippen LogP contribution in [0.3, 0.4) is 0 Å². The van der Waals surface area contributed by atoms with E-state index in [1.54, 1.807) is 24.8 Å². The minimum absolute atomic E-state index is 0.388. The van der Waals surface area contributed by atoms with Gasteiger partial charge in [-0.25, -0.2) is 4.98 Å². The van der Waals surface area contributed by atoms with Gasteiger partial charge in [-0.15, -0.1) is 0 Å². The van der Waals surface area contributed by atoms with E-state index < -0.39 is 0 Å². The zero-order valence-electron chi connectivity index (χ0n) is 10.6. The molecule has 0 aliphatic carbocycles. The maximum atomic E-state index is 9.30. The van der Waals surface area contributed by atoms with E-state index in [1.807, 2.05) is 36.4 Å². The topological polar surface area (TPSA) is 62.5 Å². The zero-order chi connectivity index (χ0) is 13.8. The van der Waals surface area contributed by atoms with E-state index in [2.05, 4.69) is 21.0 Å². The first kappa shape index (κ1) is 12.0. The lowest BCUT2D eigenvalue weighted by atomic mass is 10.0. The van der Waals surface area contributed by atoms with Crippen LogP contribution in [-0.4, -0.2) is 15.0 Å². The summed E-state index contributed by atoms with van der Waals surface area (Å²) in [6, 6.07) is 13.4. The molecule has 3 aromatic rings. The van der Waals surface area contributed by atoms with E-state index in [9.17, 15) is 5.26 Å². The van der Waals surface area contributed by atoms with Gasteiger partial charge in [-0.05, 0) is 30.3 Å². The van der Waals surface area contributed by atoms with Crippen molar-refractivity contribution in [2.75, 3.05) is 0 Å². The number of hydrogen-bond donors (Lipinski definition) is 0. The monoisotopic (exact) mass is 258 g/mol. The summed E-state index contributed by atoms with van der Waals surface area (Å²) in [6.45, 7) is 0. The van der Waals surface area contributed by atoms with Gasteiger partial charge in [0, 0.05) is 41.5 Å². The third-order valence-electron chi connectivity index (χ3n) is 2.93. The predicted molar refractivity (Wildman–Crippen MR) is 75.4 cm³/mol. The first-order chi connectivity index (χ1) is 9.88. The van der Waals surface area contributed by atoms with Gasteiger partial charge in [0.05, 0.1) is 5.69 Å². The molecule has 0 N–H and O–H groups in total. The average Bonchev–Trinajstić information content (AvgIpc) is 2.56. The molecule has 0 aromatic carbocycles. The molecule has 4 heteroatoms. The summed E-state index contributed by atoms with van der Waals surface area (Å²) in [7, 11) is 0. The summed E-state index contributed by atoms with van der Waals surface area (Å²) in [6.07, 6.45) is 6.86. The summed E-state index contributed by atoms with van der Waals surface area (Å²) in [4.78, 5) is 12.5. The molecule has 94 valence electrons. The Morgan fingerprint density at radius 2 is 1.55 bits per heavy atom. The van der Waals surface area contributed by atoms with E-state index in [-0.39, 0.29) is 0 Å². The molecule has 0 spiro atoms. The lowest BCUT2D eigenvalue weighted by Gasteiger charge is -2.06. The van der Waals surface area contributed by atoms with Crippen LogP contribution in [0.5, 0.6) is 0 Å². The smallest absolute Gasteiger partial charge is 0.149 e. The average molecular weight is 258 g/mol. The minimum atomic E-state index is 0.388. The van der Waals surface area contributed by atoms with E-state index in [4.69, 9.17) is 0 Å². The fourth-order valence-electron chi connectivity index (χ4n) is 1.97. The molecule has 3 rings (SSSR count). The van der Waals surface area contributed by atoms with Crippen molar-refractivity contribution in [3.8, 4) is 28.5 Å². The lowest BCUT2D eigenvalue weighted by molar-refractivity contribution is 1.24. The highest BCUT2D eigenvalue weighted by Gasteiger charge is 2.09. The molecular formula is C16H10N4. The van der Waals surface area contributed by atoms with Crippen molar-refractivity contribution in [1.29, 1.82) is 5.26 Å². The molecule has 0 fully saturated rings. The highest BCUT2D eigenvalue weighted by Crippen LogP contribution is 2.24. The number of hydrogen-bond acceptors (Lipinski definition) is 4. The fraction of sp³-hybridized carbons (Fsp3) is 0. The van der Waals surface area contributed by atoms with Crippen LogP contribution in [0.1, 0.15) is 5.69 Å². The van der Waals surface area contributed by atoms with Crippen molar-refractivity contribution in [3.63, 3.8) is 0 Å². The Bertz CT molecular complexity index is 761. The predicted octanol–water partition coefficient (Wildman–Crippen LogP) is 3.08. The third kappa shape index (κ3) is 2.25. The molecule has 0 atom stereocenters. The Kier molecular flexibility index (Phi) is 3.17. The summed E-state index contributed by atoms with van der Waals surface area (Å²) in [5.74, 6) is 0. The van der Waals surface area contributed by atoms with Gasteiger partial charge in [0.15, 0.2) is 0 Å². The zero-order valence-corrected chi connectivity index (χ0v) is 10.6. The van der Waals surface area contributed by atoms with E-state index in [0.29, 0.717) is 5.69 Å². The molecule has 0 bridgehead atoms. The molecule has 0 unspecified atom stereocenters. The normalized spacial score (nSPS) is 9.95. The maximum Gasteiger partial charge on any atom is 0.149 e. The van der Waals surface area contributed by atoms with Gasteiger partial charge in [-0.3, -0.25) is 9.97 Å². The number of aromatic nitrogens is 3. The molecule has 0 saturated carbocycles. The molecular weight excluding hydrogens is 248 g/mol. The van der Waals surface area contributed by atoms with Crippen LogP contribution < -0.4 is 0 Å². The summed E-state index contributed by atoms with van der Waals surface area (Å²) >= 11 is 0. The van der Waals surface area contributed by atoms with Crippen molar-refractivity contribution in [2.45, 2.75) is 0 Å². The molecule has 0 aliphatic rings. The molecule has 0 radical (unpaired) electrons. The number of nitrogens with zero attached hydrogens (tertiary/aromatic N) is 4. The SMILES string of the molecule is N#Cc1nc(-c2cccnc2)ccc1-c1cccnc1. The number of pyridine rings is 3. The minimum Gasteiger partial charge on any atom is -0.264 e. The van der Waals surface area contributed by atoms with E-state index >= 15 is 0 Å². The van der Waals surface area contributed by atoms with Gasteiger partial charge in [-0.2, -0.15) is 5.26 Å². The van der Waals surface area contributed by atoms with Gasteiger partial charge in [0.1, 0.15) is 11.8 Å². The van der Waals surface area contributed by atoms with Crippen molar-refractivity contribution >= 4 is 0 Å². The van der Waals surface area contributed by atoms with Crippen LogP contribution in [-0.2, 0) is 0 Å². The van der Waals surface area contributed by atoms with Crippen molar-refractivity contribution in [3.05, 3.63) is 66.9 Å². The Labute approximate surface area is 116 Å². The van der Waals surface area contributed by atoms with Crippen molar-refractivity contribution in [2.24, 2.45) is 0 Å². The van der Waals surface area contributed by atoms with Crippen LogP contribution in [0.2, 0.25) is 0 Å². The Balaban J connectivity index is 2.11. The highest BCUT2D eigenvalue weighted by atomic mass is 14.7. The fourth-order valence-corrected chi connectivity index (χ4v) is 1.97. The molecule has 3 heterocycles. The van der Waals surface area contributed by atoms with Crippen LogP contribution in [0, 0.1) is 11.3 Å². The molecule has 20 heavy (non-hydrogen) atoms. The second kappa shape index (κ2) is 5.29. The second-order valence-electron chi connectivity index (χ2n) is 4.19. The van der Waals surface area contributed by atoms with Gasteiger partial charge < -0.3 is 0 Å². The van der Waals surface area contributed by atoms with E-state index in [0.717, 1.165) is 22.4 Å². The summed E-state index contributed by atoms with van der Waals surface area (Å²) in [5, 5.41) is 9.30. The first-order valence-corrected chi connectivity index (χ1v) is 6.10. The van der Waals surface area contributed by atoms with Gasteiger partial charge in [0.2, 0.25) is 0 Å². The molecule has 0 aliphatic heterocycles. The molecule has 3 aromatic heterocycles. The molecule has 0 amide bonds. The first-order valence-electron chi connectivity index (χ1n) is 6.10. The largest absolute Gasteiger partial charge is 0.264 e. The second-order valence-corrected chi connectivity index (χ2v) is 4.19. The van der Waals surface area contributed by atoms with Gasteiger partial charge >= 0.3 is 0 Å². The van der Waals surface area contributed by atoms with Crippen molar-refractivity contribution in [1.82, 2.24) is 15.0 Å². The number of nitriles is 1. The van der Waals surface area contributed by atoms with Crippen molar-refractivity contribution < 1.29 is 0 Å². The Hall–Kier alpha value is -3.06. The van der Waals surface area contributed by atoms with Gasteiger partial charge in [-0.1, -0.05) is 6.07 Å². The Morgan fingerprint density at radius 1 is 0.850 bits per heavy atom. The third-order valence-corrected chi connectivity index (χ3v) is 2.93. The number of rotatable bonds is 2. The Morgan fingerprint density at radius 3 is 2.15 bits per heavy atom. The van der Waals surface area contributed by atoms with Crippen LogP contribution in [0.4, 0.5) is 0 Å². The van der Waals surface area contributed by atoms with Crippen LogP contribution >= 0.6 is 0 Å². The standard InChI is InChI=1S/C16H10N4/c17-9-16-14(12-3-1-7-18-10-12)5-6-15(20-16)13-4-2-8-19-11-13/h1-8,10-11H. The molecule has 0 saturated heterocycles. The van der Waals surface area contributed by atoms with E-state index in [1.165, 1.54) is 0 Å². The summed E-state index contributed by atoms with van der Waals surface area (Å²) in [5.41, 5.74) is 3.69. The highest BCUT2D eigenvalue weighted by molar-refractivity contribution is 5.71. The summed E-state index contributed by atoms with van der Waals surface area (Å²) < 4.78 is 0. The molecule has 4 nitrogen and oxygen atoms in total. The van der Waals surface area contributed by atoms with Crippen LogP contribution in [0.15, 0.2) is 61.2 Å².